The lowest BCUT2D eigenvalue weighted by atomic mass is 10.1. The van der Waals surface area contributed by atoms with Gasteiger partial charge in [-0.2, -0.15) is 0 Å². The molecule has 2 aromatic carbocycles. The highest BCUT2D eigenvalue weighted by atomic mass is 16.5. The van der Waals surface area contributed by atoms with Gasteiger partial charge < -0.3 is 9.64 Å². The molecule has 2 heterocycles. The lowest BCUT2D eigenvalue weighted by molar-refractivity contribution is -0.149. The number of aromatic nitrogens is 3. The quantitative estimate of drug-likeness (QED) is 0.455. The Kier molecular flexibility index (Phi) is 5.93. The zero-order chi connectivity index (χ0) is 21.8. The highest BCUT2D eigenvalue weighted by molar-refractivity contribution is 6.00. The first kappa shape index (κ1) is 20.5. The molecule has 0 N–H and O–H groups in total. The van der Waals surface area contributed by atoms with Crippen LogP contribution in [0.25, 0.3) is 6.08 Å². The van der Waals surface area contributed by atoms with E-state index in [1.54, 1.807) is 22.7 Å². The van der Waals surface area contributed by atoms with Crippen LogP contribution >= 0.6 is 0 Å². The van der Waals surface area contributed by atoms with E-state index in [-0.39, 0.29) is 11.9 Å². The number of rotatable bonds is 6. The molecule has 2 atom stereocenters. The normalized spacial score (nSPS) is 16.3. The lowest BCUT2D eigenvalue weighted by Gasteiger charge is -2.25. The van der Waals surface area contributed by atoms with Crippen molar-refractivity contribution in [2.75, 3.05) is 4.90 Å². The summed E-state index contributed by atoms with van der Waals surface area (Å²) in [4.78, 5) is 26.9. The molecule has 0 unspecified atom stereocenters. The Hall–Kier alpha value is -3.74. The highest BCUT2D eigenvalue weighted by Gasteiger charge is 2.34. The minimum Gasteiger partial charge on any atom is -0.449 e. The topological polar surface area (TPSA) is 77.3 Å². The first-order valence-electron chi connectivity index (χ1n) is 10.2. The van der Waals surface area contributed by atoms with Gasteiger partial charge in [-0.1, -0.05) is 53.7 Å². The summed E-state index contributed by atoms with van der Waals surface area (Å²) in [6.45, 7) is 4.18. The van der Waals surface area contributed by atoms with Gasteiger partial charge in [-0.3, -0.25) is 4.79 Å². The second-order valence-corrected chi connectivity index (χ2v) is 7.63. The standard InChI is InChI=1S/C24H24N4O3/c1-17-14-20-10-6-7-11-22(20)28(17)24(30)18(2)31-23(29)13-12-21-16-27(26-25-21)15-19-8-4-3-5-9-19/h3-13,16-18H,14-15H2,1-2H3/b13-12+/t17-,18+/m0/s1. The maximum Gasteiger partial charge on any atom is 0.331 e. The first-order valence-corrected chi connectivity index (χ1v) is 10.2. The number of carbonyl (C=O) groups is 2. The van der Waals surface area contributed by atoms with Gasteiger partial charge in [-0.25, -0.2) is 9.48 Å². The fourth-order valence-electron chi connectivity index (χ4n) is 3.75. The largest absolute Gasteiger partial charge is 0.449 e. The number of hydrogen-bond donors (Lipinski definition) is 0. The molecule has 7 heteroatoms. The molecule has 1 aliphatic rings. The van der Waals surface area contributed by atoms with E-state index in [2.05, 4.69) is 10.3 Å². The van der Waals surface area contributed by atoms with E-state index in [1.807, 2.05) is 61.5 Å². The molecular formula is C24H24N4O3. The third-order valence-corrected chi connectivity index (χ3v) is 5.22. The van der Waals surface area contributed by atoms with Crippen LogP contribution in [0, 0.1) is 0 Å². The minimum atomic E-state index is -0.889. The van der Waals surface area contributed by atoms with Crippen molar-refractivity contribution in [3.8, 4) is 0 Å². The van der Waals surface area contributed by atoms with E-state index in [1.165, 1.54) is 12.2 Å². The van der Waals surface area contributed by atoms with Gasteiger partial charge in [0.15, 0.2) is 6.10 Å². The molecule has 0 fully saturated rings. The van der Waals surface area contributed by atoms with Gasteiger partial charge >= 0.3 is 5.97 Å². The van der Waals surface area contributed by atoms with Crippen molar-refractivity contribution < 1.29 is 14.3 Å². The molecule has 1 aliphatic heterocycles. The molecular weight excluding hydrogens is 392 g/mol. The average molecular weight is 416 g/mol. The molecule has 7 nitrogen and oxygen atoms in total. The second-order valence-electron chi connectivity index (χ2n) is 7.63. The van der Waals surface area contributed by atoms with Crippen LogP contribution in [-0.2, 0) is 27.3 Å². The monoisotopic (exact) mass is 416 g/mol. The molecule has 0 aliphatic carbocycles. The van der Waals surface area contributed by atoms with Crippen molar-refractivity contribution in [2.45, 2.75) is 39.0 Å². The van der Waals surface area contributed by atoms with Crippen molar-refractivity contribution in [1.29, 1.82) is 0 Å². The van der Waals surface area contributed by atoms with Crippen LogP contribution in [0.1, 0.15) is 30.7 Å². The van der Waals surface area contributed by atoms with E-state index >= 15 is 0 Å². The van der Waals surface area contributed by atoms with Gasteiger partial charge in [-0.05, 0) is 43.5 Å². The van der Waals surface area contributed by atoms with Crippen molar-refractivity contribution in [1.82, 2.24) is 15.0 Å². The molecule has 0 saturated carbocycles. The van der Waals surface area contributed by atoms with Gasteiger partial charge in [0.25, 0.3) is 5.91 Å². The highest BCUT2D eigenvalue weighted by Crippen LogP contribution is 2.32. The first-order chi connectivity index (χ1) is 15.0. The lowest BCUT2D eigenvalue weighted by Crippen LogP contribution is -2.43. The summed E-state index contributed by atoms with van der Waals surface area (Å²) in [7, 11) is 0. The van der Waals surface area contributed by atoms with Crippen LogP contribution in [0.3, 0.4) is 0 Å². The number of ether oxygens (including phenoxy) is 1. The summed E-state index contributed by atoms with van der Waals surface area (Å²) in [5, 5.41) is 8.10. The summed E-state index contributed by atoms with van der Waals surface area (Å²) in [5.41, 5.74) is 3.65. The van der Waals surface area contributed by atoms with Gasteiger partial charge in [0, 0.05) is 17.8 Å². The fourth-order valence-corrected chi connectivity index (χ4v) is 3.75. The second kappa shape index (κ2) is 8.95. The van der Waals surface area contributed by atoms with E-state index < -0.39 is 12.1 Å². The Morgan fingerprint density at radius 3 is 2.71 bits per heavy atom. The Labute approximate surface area is 180 Å². The summed E-state index contributed by atoms with van der Waals surface area (Å²) < 4.78 is 7.03. The SMILES string of the molecule is C[C@@H](OC(=O)/C=C/c1cn(Cc2ccccc2)nn1)C(=O)N1c2ccccc2C[C@@H]1C. The molecule has 0 bridgehead atoms. The van der Waals surface area contributed by atoms with Crippen molar-refractivity contribution >= 4 is 23.6 Å². The number of carbonyl (C=O) groups excluding carboxylic acids is 2. The fraction of sp³-hybridized carbons (Fsp3) is 0.250. The Balaban J connectivity index is 1.34. The molecule has 31 heavy (non-hydrogen) atoms. The number of amides is 1. The predicted molar refractivity (Wildman–Crippen MR) is 117 cm³/mol. The van der Waals surface area contributed by atoms with Crippen LogP contribution in [0.4, 0.5) is 5.69 Å². The van der Waals surface area contributed by atoms with Gasteiger partial charge in [-0.15, -0.1) is 5.10 Å². The zero-order valence-corrected chi connectivity index (χ0v) is 17.5. The maximum atomic E-state index is 12.9. The van der Waals surface area contributed by atoms with Crippen LogP contribution in [0.15, 0.2) is 66.9 Å². The minimum absolute atomic E-state index is 0.0289. The van der Waals surface area contributed by atoms with Crippen molar-refractivity contribution in [2.24, 2.45) is 0 Å². The number of esters is 1. The van der Waals surface area contributed by atoms with Gasteiger partial charge in [0.05, 0.1) is 12.7 Å². The zero-order valence-electron chi connectivity index (χ0n) is 17.5. The Morgan fingerprint density at radius 2 is 1.90 bits per heavy atom. The Bertz CT molecular complexity index is 1110. The van der Waals surface area contributed by atoms with Crippen LogP contribution in [0.5, 0.6) is 0 Å². The number of anilines is 1. The molecule has 0 radical (unpaired) electrons. The van der Waals surface area contributed by atoms with Crippen molar-refractivity contribution in [3.63, 3.8) is 0 Å². The number of nitrogens with zero attached hydrogens (tertiary/aromatic N) is 4. The van der Waals surface area contributed by atoms with E-state index in [0.29, 0.717) is 12.2 Å². The number of para-hydroxylation sites is 1. The summed E-state index contributed by atoms with van der Waals surface area (Å²) in [5.74, 6) is -0.827. The average Bonchev–Trinajstić information content (AvgIpc) is 3.35. The summed E-state index contributed by atoms with van der Waals surface area (Å²) in [6, 6.07) is 17.7. The molecule has 158 valence electrons. The molecule has 0 spiro atoms. The molecule has 4 rings (SSSR count). The molecule has 0 saturated heterocycles. The van der Waals surface area contributed by atoms with Crippen molar-refractivity contribution in [3.05, 3.63) is 83.7 Å². The third kappa shape index (κ3) is 4.71. The van der Waals surface area contributed by atoms with Crippen LogP contribution in [-0.4, -0.2) is 39.0 Å². The maximum absolute atomic E-state index is 12.9. The molecule has 1 aromatic heterocycles. The van der Waals surface area contributed by atoms with E-state index in [0.717, 1.165) is 23.2 Å². The van der Waals surface area contributed by atoms with Gasteiger partial charge in [0.1, 0.15) is 5.69 Å². The van der Waals surface area contributed by atoms with E-state index in [4.69, 9.17) is 4.74 Å². The van der Waals surface area contributed by atoms with Crippen LogP contribution in [0.2, 0.25) is 0 Å². The molecule has 1 amide bonds. The van der Waals surface area contributed by atoms with Crippen LogP contribution < -0.4 is 4.90 Å². The number of fused-ring (bicyclic) bond motifs is 1. The predicted octanol–water partition coefficient (Wildman–Crippen LogP) is 3.25. The van der Waals surface area contributed by atoms with E-state index in [9.17, 15) is 9.59 Å². The summed E-state index contributed by atoms with van der Waals surface area (Å²) in [6.07, 6.45) is 4.44. The molecule has 3 aromatic rings. The number of benzene rings is 2. The summed E-state index contributed by atoms with van der Waals surface area (Å²) >= 11 is 0. The Morgan fingerprint density at radius 1 is 1.16 bits per heavy atom. The number of hydrogen-bond acceptors (Lipinski definition) is 5. The smallest absolute Gasteiger partial charge is 0.331 e. The third-order valence-electron chi connectivity index (χ3n) is 5.22. The van der Waals surface area contributed by atoms with Gasteiger partial charge in [0.2, 0.25) is 0 Å².